The van der Waals surface area contributed by atoms with Crippen LogP contribution < -0.4 is 0 Å². The van der Waals surface area contributed by atoms with Gasteiger partial charge in [0.05, 0.1) is 0 Å². The topological polar surface area (TPSA) is 12.4 Å². The molecule has 0 saturated carbocycles. The van der Waals surface area contributed by atoms with E-state index < -0.39 is 0 Å². The Balaban J connectivity index is 2.09. The lowest BCUT2D eigenvalue weighted by atomic mass is 9.99. The summed E-state index contributed by atoms with van der Waals surface area (Å²) in [6.45, 7) is 7.71. The van der Waals surface area contributed by atoms with Crippen LogP contribution in [0, 0.1) is 5.41 Å². The molecule has 18 heavy (non-hydrogen) atoms. The highest BCUT2D eigenvalue weighted by Crippen LogP contribution is 2.45. The molecule has 0 saturated heterocycles. The van der Waals surface area contributed by atoms with Crippen molar-refractivity contribution in [3.63, 3.8) is 0 Å². The van der Waals surface area contributed by atoms with Gasteiger partial charge in [-0.2, -0.15) is 0 Å². The summed E-state index contributed by atoms with van der Waals surface area (Å²) in [6, 6.07) is 10.6. The smallest absolute Gasteiger partial charge is 0.0461 e. The monoisotopic (exact) mass is 241 g/mol. The second-order valence-electron chi connectivity index (χ2n) is 5.62. The Bertz CT molecular complexity index is 452. The largest absolute Gasteiger partial charge is 0.289 e. The Morgan fingerprint density at radius 2 is 1.83 bits per heavy atom. The molecule has 2 rings (SSSR count). The van der Waals surface area contributed by atoms with Crippen LogP contribution in [0.25, 0.3) is 0 Å². The summed E-state index contributed by atoms with van der Waals surface area (Å²) >= 11 is 0. The minimum Gasteiger partial charge on any atom is -0.289 e. The second kappa shape index (κ2) is 5.51. The Morgan fingerprint density at radius 3 is 2.39 bits per heavy atom. The maximum absolute atomic E-state index is 4.81. The van der Waals surface area contributed by atoms with E-state index in [1.165, 1.54) is 29.7 Å². The van der Waals surface area contributed by atoms with Crippen LogP contribution in [0.5, 0.6) is 0 Å². The van der Waals surface area contributed by atoms with Gasteiger partial charge in [0, 0.05) is 24.1 Å². The van der Waals surface area contributed by atoms with Crippen LogP contribution in [0.15, 0.2) is 47.0 Å². The highest BCUT2D eigenvalue weighted by atomic mass is 14.7. The van der Waals surface area contributed by atoms with Gasteiger partial charge in [-0.25, -0.2) is 0 Å². The first kappa shape index (κ1) is 13.1. The molecule has 1 aliphatic carbocycles. The van der Waals surface area contributed by atoms with Crippen LogP contribution in [0.2, 0.25) is 0 Å². The van der Waals surface area contributed by atoms with E-state index in [-0.39, 0.29) is 0 Å². The molecule has 0 atom stereocenters. The third-order valence-corrected chi connectivity index (χ3v) is 3.56. The Labute approximate surface area is 111 Å². The molecule has 1 nitrogen and oxygen atoms in total. The van der Waals surface area contributed by atoms with Gasteiger partial charge in [0.2, 0.25) is 0 Å². The van der Waals surface area contributed by atoms with E-state index in [0.717, 1.165) is 13.0 Å². The van der Waals surface area contributed by atoms with Gasteiger partial charge in [0.15, 0.2) is 0 Å². The fourth-order valence-electron chi connectivity index (χ4n) is 2.11. The number of allylic oxidation sites excluding steroid dienone is 2. The molecule has 0 radical (unpaired) electrons. The molecule has 0 unspecified atom stereocenters. The zero-order valence-corrected chi connectivity index (χ0v) is 11.7. The van der Waals surface area contributed by atoms with E-state index in [9.17, 15) is 0 Å². The Morgan fingerprint density at radius 1 is 1.17 bits per heavy atom. The van der Waals surface area contributed by atoms with Crippen molar-refractivity contribution in [1.29, 1.82) is 0 Å². The third-order valence-electron chi connectivity index (χ3n) is 3.56. The van der Waals surface area contributed by atoms with Crippen LogP contribution in [0.4, 0.5) is 0 Å². The maximum atomic E-state index is 4.81. The highest BCUT2D eigenvalue weighted by molar-refractivity contribution is 6.02. The zero-order valence-electron chi connectivity index (χ0n) is 11.7. The van der Waals surface area contributed by atoms with Crippen LogP contribution in [-0.4, -0.2) is 12.3 Å². The lowest BCUT2D eigenvalue weighted by molar-refractivity contribution is 0.692. The lowest BCUT2D eigenvalue weighted by Gasteiger charge is -2.08. The fourth-order valence-corrected chi connectivity index (χ4v) is 2.11. The van der Waals surface area contributed by atoms with E-state index in [1.54, 1.807) is 0 Å². The molecule has 1 aromatic carbocycles. The van der Waals surface area contributed by atoms with Crippen molar-refractivity contribution < 1.29 is 0 Å². The van der Waals surface area contributed by atoms with Gasteiger partial charge in [-0.15, -0.1) is 0 Å². The summed E-state index contributed by atoms with van der Waals surface area (Å²) in [6.07, 6.45) is 5.75. The summed E-state index contributed by atoms with van der Waals surface area (Å²) in [4.78, 5) is 4.81. The first-order chi connectivity index (χ1) is 8.63. The number of hydrogen-bond donors (Lipinski definition) is 0. The van der Waals surface area contributed by atoms with Crippen molar-refractivity contribution in [3.8, 4) is 0 Å². The molecule has 0 heterocycles. The van der Waals surface area contributed by atoms with Crippen LogP contribution in [-0.2, 0) is 0 Å². The molecule has 0 aromatic heterocycles. The number of rotatable bonds is 6. The van der Waals surface area contributed by atoms with E-state index in [4.69, 9.17) is 4.99 Å². The third kappa shape index (κ3) is 3.32. The molecule has 0 fully saturated rings. The minimum atomic E-state index is 0.334. The summed E-state index contributed by atoms with van der Waals surface area (Å²) in [5.74, 6) is 0. The van der Waals surface area contributed by atoms with Crippen molar-refractivity contribution in [3.05, 3.63) is 47.5 Å². The molecule has 0 spiro atoms. The predicted octanol–water partition coefficient (Wildman–Crippen LogP) is 4.63. The summed E-state index contributed by atoms with van der Waals surface area (Å²) in [5.41, 5.74) is 4.39. The Hall–Kier alpha value is -1.37. The van der Waals surface area contributed by atoms with Gasteiger partial charge >= 0.3 is 0 Å². The van der Waals surface area contributed by atoms with E-state index in [0.29, 0.717) is 5.41 Å². The van der Waals surface area contributed by atoms with Crippen LogP contribution >= 0.6 is 0 Å². The molecule has 0 amide bonds. The first-order valence-corrected chi connectivity index (χ1v) is 6.94. The molecule has 0 aliphatic heterocycles. The van der Waals surface area contributed by atoms with Crippen molar-refractivity contribution >= 4 is 5.71 Å². The molecule has 1 aromatic rings. The van der Waals surface area contributed by atoms with Crippen LogP contribution in [0.3, 0.4) is 0 Å². The molecular weight excluding hydrogens is 218 g/mol. The van der Waals surface area contributed by atoms with E-state index in [2.05, 4.69) is 57.2 Å². The SMILES string of the molecule is CCCCN=C(CC1=CC1(C)C)c1ccccc1. The average molecular weight is 241 g/mol. The number of nitrogens with zero attached hydrogens (tertiary/aromatic N) is 1. The highest BCUT2D eigenvalue weighted by Gasteiger charge is 2.33. The normalized spacial score (nSPS) is 17.5. The van der Waals surface area contributed by atoms with Gasteiger partial charge in [-0.05, 0) is 12.0 Å². The summed E-state index contributed by atoms with van der Waals surface area (Å²) in [5, 5.41) is 0. The van der Waals surface area contributed by atoms with Crippen molar-refractivity contribution in [2.75, 3.05) is 6.54 Å². The minimum absolute atomic E-state index is 0.334. The van der Waals surface area contributed by atoms with Crippen LogP contribution in [0.1, 0.15) is 45.6 Å². The molecule has 1 aliphatic rings. The maximum Gasteiger partial charge on any atom is 0.0461 e. The summed E-state index contributed by atoms with van der Waals surface area (Å²) in [7, 11) is 0. The van der Waals surface area contributed by atoms with Crippen molar-refractivity contribution in [2.24, 2.45) is 10.4 Å². The lowest BCUT2D eigenvalue weighted by Crippen LogP contribution is -2.04. The number of aliphatic imine (C=N–C) groups is 1. The van der Waals surface area contributed by atoms with Gasteiger partial charge in [-0.1, -0.05) is 69.2 Å². The van der Waals surface area contributed by atoms with Gasteiger partial charge in [0.1, 0.15) is 0 Å². The second-order valence-corrected chi connectivity index (χ2v) is 5.62. The number of unbranched alkanes of at least 4 members (excludes halogenated alkanes) is 1. The van der Waals surface area contributed by atoms with Gasteiger partial charge in [-0.3, -0.25) is 4.99 Å². The predicted molar refractivity (Wildman–Crippen MR) is 79.2 cm³/mol. The average Bonchev–Trinajstić information content (AvgIpc) is 2.97. The van der Waals surface area contributed by atoms with E-state index in [1.807, 2.05) is 0 Å². The standard InChI is InChI=1S/C17H23N/c1-4-5-11-18-16(12-15-13-17(15,2)3)14-9-7-6-8-10-14/h6-10,13H,4-5,11-12H2,1-3H3. The number of hydrogen-bond acceptors (Lipinski definition) is 1. The Kier molecular flexibility index (Phi) is 4.00. The summed E-state index contributed by atoms with van der Waals surface area (Å²) < 4.78 is 0. The fraction of sp³-hybridized carbons (Fsp3) is 0.471. The quantitative estimate of drug-likeness (QED) is 0.391. The molecule has 1 heteroatoms. The van der Waals surface area contributed by atoms with E-state index >= 15 is 0 Å². The number of benzene rings is 1. The molecular formula is C17H23N. The molecule has 96 valence electrons. The first-order valence-electron chi connectivity index (χ1n) is 6.94. The van der Waals surface area contributed by atoms with Crippen molar-refractivity contribution in [2.45, 2.75) is 40.0 Å². The van der Waals surface area contributed by atoms with Crippen molar-refractivity contribution in [1.82, 2.24) is 0 Å². The van der Waals surface area contributed by atoms with Gasteiger partial charge in [0.25, 0.3) is 0 Å². The molecule has 0 bridgehead atoms. The van der Waals surface area contributed by atoms with Gasteiger partial charge < -0.3 is 0 Å². The zero-order chi connectivity index (χ0) is 13.0. The molecule has 0 N–H and O–H groups in total.